The number of hydrogen-bond acceptors (Lipinski definition) is 5. The van der Waals surface area contributed by atoms with Crippen LogP contribution in [0.15, 0.2) is 41.9 Å². The molecule has 0 aliphatic rings. The highest BCUT2D eigenvalue weighted by Gasteiger charge is 2.06. The van der Waals surface area contributed by atoms with Gasteiger partial charge in [-0.25, -0.2) is 9.67 Å². The first-order valence-electron chi connectivity index (χ1n) is 5.73. The Balaban J connectivity index is 1.84. The molecule has 0 atom stereocenters. The van der Waals surface area contributed by atoms with Crippen molar-refractivity contribution in [3.63, 3.8) is 0 Å². The first-order valence-corrected chi connectivity index (χ1v) is 6.95. The normalized spacial score (nSPS) is 10.8. The van der Waals surface area contributed by atoms with Gasteiger partial charge < -0.3 is 4.98 Å². The average Bonchev–Trinajstić information content (AvgIpc) is 3.11. The summed E-state index contributed by atoms with van der Waals surface area (Å²) >= 11 is 1.66. The molecule has 19 heavy (non-hydrogen) atoms. The number of aromatic amines is 1. The molecule has 0 aliphatic carbocycles. The van der Waals surface area contributed by atoms with Gasteiger partial charge >= 0.3 is 0 Å². The molecule has 0 unspecified atom stereocenters. The number of thioether (sulfide) groups is 1. The maximum Gasteiger partial charge on any atom is 0.127 e. The lowest BCUT2D eigenvalue weighted by molar-refractivity contribution is 0.629. The Kier molecular flexibility index (Phi) is 3.28. The van der Waals surface area contributed by atoms with E-state index in [1.807, 2.05) is 18.6 Å². The number of imidazole rings is 1. The van der Waals surface area contributed by atoms with Gasteiger partial charge in [0.1, 0.15) is 18.1 Å². The fourth-order valence-corrected chi connectivity index (χ4v) is 2.13. The minimum atomic E-state index is 0.579. The van der Waals surface area contributed by atoms with E-state index >= 15 is 0 Å². The van der Waals surface area contributed by atoms with Gasteiger partial charge in [-0.05, 0) is 12.3 Å². The molecule has 0 spiro atoms. The summed E-state index contributed by atoms with van der Waals surface area (Å²) in [4.78, 5) is 12.5. The number of nitrogens with zero attached hydrogens (tertiary/aromatic N) is 5. The van der Waals surface area contributed by atoms with Gasteiger partial charge in [-0.15, -0.1) is 16.9 Å². The van der Waals surface area contributed by atoms with Crippen molar-refractivity contribution < 1.29 is 0 Å². The highest BCUT2D eigenvalue weighted by Crippen LogP contribution is 2.21. The summed E-state index contributed by atoms with van der Waals surface area (Å²) in [6, 6.07) is 2.05. The standard InChI is InChI=1S/C12H12N6S/c1-19-10-4-9(5-13-6-10)11-7-18(17-16-11)8-12-14-2-3-15-12/h2-7H,8H2,1H3,(H,14,15). The summed E-state index contributed by atoms with van der Waals surface area (Å²) in [5, 5.41) is 8.26. The van der Waals surface area contributed by atoms with Gasteiger partial charge in [0, 0.05) is 35.2 Å². The zero-order chi connectivity index (χ0) is 13.1. The summed E-state index contributed by atoms with van der Waals surface area (Å²) in [6.07, 6.45) is 11.1. The monoisotopic (exact) mass is 272 g/mol. The van der Waals surface area contributed by atoms with Crippen molar-refractivity contribution in [3.8, 4) is 11.3 Å². The van der Waals surface area contributed by atoms with Gasteiger partial charge in [0.2, 0.25) is 0 Å². The Morgan fingerprint density at radius 3 is 3.11 bits per heavy atom. The fourth-order valence-electron chi connectivity index (χ4n) is 1.72. The zero-order valence-electron chi connectivity index (χ0n) is 10.3. The third kappa shape index (κ3) is 2.65. The van der Waals surface area contributed by atoms with Gasteiger partial charge in [-0.3, -0.25) is 4.98 Å². The van der Waals surface area contributed by atoms with Gasteiger partial charge in [0.25, 0.3) is 0 Å². The molecular formula is C12H12N6S. The van der Waals surface area contributed by atoms with E-state index in [0.717, 1.165) is 22.0 Å². The molecular weight excluding hydrogens is 260 g/mol. The predicted octanol–water partition coefficient (Wildman–Crippen LogP) is 1.83. The van der Waals surface area contributed by atoms with Crippen LogP contribution in [0.3, 0.4) is 0 Å². The Hall–Kier alpha value is -2.15. The number of aromatic nitrogens is 6. The van der Waals surface area contributed by atoms with Crippen LogP contribution in [0.2, 0.25) is 0 Å². The largest absolute Gasteiger partial charge is 0.347 e. The van der Waals surface area contributed by atoms with Crippen LogP contribution >= 0.6 is 11.8 Å². The Labute approximate surface area is 114 Å². The van der Waals surface area contributed by atoms with E-state index < -0.39 is 0 Å². The van der Waals surface area contributed by atoms with Crippen LogP contribution < -0.4 is 0 Å². The van der Waals surface area contributed by atoms with Crippen LogP contribution in [0.5, 0.6) is 0 Å². The summed E-state index contributed by atoms with van der Waals surface area (Å²) in [7, 11) is 0. The van der Waals surface area contributed by atoms with Gasteiger partial charge in [0.15, 0.2) is 0 Å². The van der Waals surface area contributed by atoms with Crippen molar-refractivity contribution in [1.29, 1.82) is 0 Å². The second kappa shape index (κ2) is 5.23. The fraction of sp³-hybridized carbons (Fsp3) is 0.167. The van der Waals surface area contributed by atoms with E-state index in [-0.39, 0.29) is 0 Å². The highest BCUT2D eigenvalue weighted by atomic mass is 32.2. The van der Waals surface area contributed by atoms with E-state index in [1.54, 1.807) is 35.0 Å². The van der Waals surface area contributed by atoms with Crippen LogP contribution in [0.25, 0.3) is 11.3 Å². The van der Waals surface area contributed by atoms with E-state index in [1.165, 1.54) is 0 Å². The summed E-state index contributed by atoms with van der Waals surface area (Å²) in [5.74, 6) is 0.854. The second-order valence-electron chi connectivity index (χ2n) is 3.95. The third-order valence-corrected chi connectivity index (χ3v) is 3.34. The third-order valence-electron chi connectivity index (χ3n) is 2.65. The highest BCUT2D eigenvalue weighted by molar-refractivity contribution is 7.98. The summed E-state index contributed by atoms with van der Waals surface area (Å²) in [5.41, 5.74) is 1.78. The number of nitrogens with one attached hydrogen (secondary N) is 1. The van der Waals surface area contributed by atoms with Crippen LogP contribution in [0.1, 0.15) is 5.82 Å². The first-order chi connectivity index (χ1) is 9.35. The second-order valence-corrected chi connectivity index (χ2v) is 4.83. The van der Waals surface area contributed by atoms with E-state index in [2.05, 4.69) is 31.3 Å². The molecule has 0 fully saturated rings. The lowest BCUT2D eigenvalue weighted by Gasteiger charge is -1.98. The Morgan fingerprint density at radius 2 is 2.32 bits per heavy atom. The SMILES string of the molecule is CSc1cncc(-c2cn(Cc3ncc[nH]3)nn2)c1. The molecule has 0 bridgehead atoms. The van der Waals surface area contributed by atoms with Crippen molar-refractivity contribution in [3.05, 3.63) is 42.9 Å². The topological polar surface area (TPSA) is 72.3 Å². The molecule has 1 N–H and O–H groups in total. The molecule has 0 radical (unpaired) electrons. The number of pyridine rings is 1. The van der Waals surface area contributed by atoms with Crippen molar-refractivity contribution in [2.45, 2.75) is 11.4 Å². The molecule has 3 heterocycles. The molecule has 3 rings (SSSR count). The van der Waals surface area contributed by atoms with Crippen molar-refractivity contribution in [2.24, 2.45) is 0 Å². The van der Waals surface area contributed by atoms with Crippen LogP contribution in [0, 0.1) is 0 Å². The van der Waals surface area contributed by atoms with E-state index in [9.17, 15) is 0 Å². The minimum Gasteiger partial charge on any atom is -0.347 e. The van der Waals surface area contributed by atoms with Crippen LogP contribution in [-0.2, 0) is 6.54 Å². The Bertz CT molecular complexity index is 660. The van der Waals surface area contributed by atoms with Crippen LogP contribution in [-0.4, -0.2) is 36.2 Å². The molecule has 0 amide bonds. The summed E-state index contributed by atoms with van der Waals surface area (Å²) < 4.78 is 1.75. The van der Waals surface area contributed by atoms with Crippen LogP contribution in [0.4, 0.5) is 0 Å². The first kappa shape index (κ1) is 11.9. The van der Waals surface area contributed by atoms with Gasteiger partial charge in [-0.2, -0.15) is 0 Å². The number of rotatable bonds is 4. The molecule has 0 saturated carbocycles. The quantitative estimate of drug-likeness (QED) is 0.734. The molecule has 0 saturated heterocycles. The molecule has 0 aliphatic heterocycles. The molecule has 6 nitrogen and oxygen atoms in total. The summed E-state index contributed by atoms with van der Waals surface area (Å²) in [6.45, 7) is 0.579. The molecule has 3 aromatic heterocycles. The van der Waals surface area contributed by atoms with Gasteiger partial charge in [-0.1, -0.05) is 5.21 Å². The number of hydrogen-bond donors (Lipinski definition) is 1. The molecule has 3 aromatic rings. The van der Waals surface area contributed by atoms with Crippen molar-refractivity contribution in [1.82, 2.24) is 29.9 Å². The molecule has 0 aromatic carbocycles. The van der Waals surface area contributed by atoms with Crippen molar-refractivity contribution in [2.75, 3.05) is 6.26 Å². The maximum absolute atomic E-state index is 4.20. The van der Waals surface area contributed by atoms with E-state index in [0.29, 0.717) is 6.54 Å². The maximum atomic E-state index is 4.20. The number of H-pyrrole nitrogens is 1. The zero-order valence-corrected chi connectivity index (χ0v) is 11.1. The predicted molar refractivity (Wildman–Crippen MR) is 72.7 cm³/mol. The average molecular weight is 272 g/mol. The molecule has 7 heteroatoms. The van der Waals surface area contributed by atoms with E-state index in [4.69, 9.17) is 0 Å². The lowest BCUT2D eigenvalue weighted by atomic mass is 10.2. The minimum absolute atomic E-state index is 0.579. The smallest absolute Gasteiger partial charge is 0.127 e. The Morgan fingerprint density at radius 1 is 1.37 bits per heavy atom. The van der Waals surface area contributed by atoms with Crippen molar-refractivity contribution >= 4 is 11.8 Å². The van der Waals surface area contributed by atoms with Gasteiger partial charge in [0.05, 0.1) is 6.20 Å². The molecule has 96 valence electrons. The lowest BCUT2D eigenvalue weighted by Crippen LogP contribution is -2.01.